The third kappa shape index (κ3) is 4.43. The van der Waals surface area contributed by atoms with Gasteiger partial charge in [0, 0.05) is 6.20 Å². The van der Waals surface area contributed by atoms with Gasteiger partial charge < -0.3 is 9.55 Å². The van der Waals surface area contributed by atoms with Gasteiger partial charge >= 0.3 is 21.1 Å². The van der Waals surface area contributed by atoms with Gasteiger partial charge in [0.2, 0.25) is 5.78 Å². The molecule has 8 aromatic rings. The van der Waals surface area contributed by atoms with Crippen LogP contribution >= 0.6 is 0 Å². The van der Waals surface area contributed by atoms with Crippen molar-refractivity contribution < 1.29 is 21.1 Å². The monoisotopic (exact) mass is 681 g/mol. The number of imidazole rings is 2. The van der Waals surface area contributed by atoms with Crippen molar-refractivity contribution in [2.24, 2.45) is 0 Å². The molecule has 0 spiro atoms. The molecule has 5 aromatic carbocycles. The molecule has 8 rings (SSSR count). The number of aromatic nitrogens is 4. The summed E-state index contributed by atoms with van der Waals surface area (Å²) >= 11 is 0. The number of benzene rings is 5. The third-order valence-electron chi connectivity index (χ3n) is 6.68. The Bertz CT molecular complexity index is 2020. The van der Waals surface area contributed by atoms with Crippen LogP contribution in [0.15, 0.2) is 134 Å². The standard InChI is InChI=1S/C19H12N3.C15H10N.Pt/c1-2-8-14(9-3-1)21-17-12-6-7-13-18(17)22-16-11-5-4-10-15(16)20-19(21)22;1-2-7-13(8-3-1)15-14-9-5-4-6-12(14)10-11-16-15;/h1-8,10-13H;1-7,9-11H;/q2*-1;+2. The molecular weight excluding hydrogens is 659 g/mol. The Labute approximate surface area is 240 Å². The average molecular weight is 682 g/mol. The molecule has 0 aliphatic heterocycles. The Balaban J connectivity index is 0.000000145. The minimum atomic E-state index is 0. The van der Waals surface area contributed by atoms with Crippen LogP contribution in [0.2, 0.25) is 0 Å². The SMILES string of the molecule is [Pt+2].[c-]1ccccc1-c1nccc2ccccc12.[c-]1ccccc1-n1c2ccccc2n2c3ccccc3nc12. The molecule has 0 unspecified atom stereocenters. The summed E-state index contributed by atoms with van der Waals surface area (Å²) in [4.78, 5) is 9.28. The summed E-state index contributed by atoms with van der Waals surface area (Å²) in [7, 11) is 0. The number of pyridine rings is 1. The molecule has 188 valence electrons. The van der Waals surface area contributed by atoms with Crippen molar-refractivity contribution in [3.05, 3.63) is 146 Å². The third-order valence-corrected chi connectivity index (χ3v) is 6.68. The Kier molecular flexibility index (Phi) is 6.79. The Morgan fingerprint density at radius 2 is 1.28 bits per heavy atom. The van der Waals surface area contributed by atoms with E-state index in [1.54, 1.807) is 0 Å². The van der Waals surface area contributed by atoms with Gasteiger partial charge in [0.15, 0.2) is 0 Å². The van der Waals surface area contributed by atoms with Crippen molar-refractivity contribution in [1.82, 2.24) is 18.9 Å². The van der Waals surface area contributed by atoms with Gasteiger partial charge in [-0.25, -0.2) is 4.98 Å². The average Bonchev–Trinajstić information content (AvgIpc) is 3.53. The maximum atomic E-state index is 4.83. The summed E-state index contributed by atoms with van der Waals surface area (Å²) in [6.45, 7) is 0. The minimum Gasteiger partial charge on any atom is -0.304 e. The molecule has 3 heterocycles. The van der Waals surface area contributed by atoms with Crippen LogP contribution in [0.5, 0.6) is 0 Å². The summed E-state index contributed by atoms with van der Waals surface area (Å²) in [5, 5.41) is 2.39. The topological polar surface area (TPSA) is 35.1 Å². The van der Waals surface area contributed by atoms with Crippen LogP contribution in [0.1, 0.15) is 0 Å². The second kappa shape index (κ2) is 10.7. The second-order valence-electron chi connectivity index (χ2n) is 8.96. The number of fused-ring (bicyclic) bond motifs is 6. The van der Waals surface area contributed by atoms with E-state index in [4.69, 9.17) is 4.98 Å². The van der Waals surface area contributed by atoms with Crippen LogP contribution in [0.3, 0.4) is 0 Å². The summed E-state index contributed by atoms with van der Waals surface area (Å²) in [5.74, 6) is 0.921. The molecule has 0 amide bonds. The summed E-state index contributed by atoms with van der Waals surface area (Å²) in [5.41, 5.74) is 7.47. The van der Waals surface area contributed by atoms with Gasteiger partial charge in [-0.1, -0.05) is 54.2 Å². The van der Waals surface area contributed by atoms with Crippen LogP contribution in [0.25, 0.3) is 55.6 Å². The zero-order valence-corrected chi connectivity index (χ0v) is 23.1. The molecule has 0 atom stereocenters. The fourth-order valence-corrected chi connectivity index (χ4v) is 4.99. The first-order valence-electron chi connectivity index (χ1n) is 12.5. The maximum absolute atomic E-state index is 4.83. The van der Waals surface area contributed by atoms with Crippen molar-refractivity contribution in [1.29, 1.82) is 0 Å². The van der Waals surface area contributed by atoms with Crippen molar-refractivity contribution in [2.45, 2.75) is 0 Å². The molecule has 4 nitrogen and oxygen atoms in total. The van der Waals surface area contributed by atoms with E-state index in [-0.39, 0.29) is 21.1 Å². The summed E-state index contributed by atoms with van der Waals surface area (Å²) in [6.07, 6.45) is 1.85. The Hall–Kier alpha value is -4.53. The fourth-order valence-electron chi connectivity index (χ4n) is 4.99. The fraction of sp³-hybridized carbons (Fsp3) is 0. The van der Waals surface area contributed by atoms with Crippen molar-refractivity contribution in [3.8, 4) is 16.9 Å². The predicted octanol–water partition coefficient (Wildman–Crippen LogP) is 7.93. The van der Waals surface area contributed by atoms with E-state index in [1.807, 2.05) is 72.9 Å². The van der Waals surface area contributed by atoms with Crippen LogP contribution in [-0.2, 0) is 21.1 Å². The Morgan fingerprint density at radius 3 is 2.08 bits per heavy atom. The van der Waals surface area contributed by atoms with Gasteiger partial charge in [0.1, 0.15) is 0 Å². The number of rotatable bonds is 2. The van der Waals surface area contributed by atoms with E-state index < -0.39 is 0 Å². The summed E-state index contributed by atoms with van der Waals surface area (Å²) in [6, 6.07) is 49.4. The first kappa shape index (κ1) is 24.8. The van der Waals surface area contributed by atoms with E-state index >= 15 is 0 Å². The van der Waals surface area contributed by atoms with Gasteiger partial charge in [-0.2, -0.15) is 24.3 Å². The molecule has 0 saturated heterocycles. The van der Waals surface area contributed by atoms with Crippen molar-refractivity contribution in [2.75, 3.05) is 0 Å². The molecule has 0 bridgehead atoms. The van der Waals surface area contributed by atoms with E-state index in [0.717, 1.165) is 44.8 Å². The number of hydrogen-bond donors (Lipinski definition) is 0. The van der Waals surface area contributed by atoms with E-state index in [1.165, 1.54) is 10.8 Å². The van der Waals surface area contributed by atoms with Gasteiger partial charge in [0.05, 0.1) is 22.1 Å². The molecule has 3 aromatic heterocycles. The Morgan fingerprint density at radius 1 is 0.590 bits per heavy atom. The van der Waals surface area contributed by atoms with Gasteiger partial charge in [-0.05, 0) is 46.8 Å². The normalized spacial score (nSPS) is 10.9. The molecule has 0 aliphatic rings. The van der Waals surface area contributed by atoms with Crippen molar-refractivity contribution in [3.63, 3.8) is 0 Å². The maximum Gasteiger partial charge on any atom is 2.00 e. The van der Waals surface area contributed by atoms with Crippen LogP contribution in [0.4, 0.5) is 0 Å². The summed E-state index contributed by atoms with van der Waals surface area (Å²) < 4.78 is 4.38. The molecular formula is C34H22N4Pt. The van der Waals surface area contributed by atoms with E-state index in [9.17, 15) is 0 Å². The van der Waals surface area contributed by atoms with Crippen LogP contribution in [0, 0.1) is 12.1 Å². The number of hydrogen-bond acceptors (Lipinski definition) is 2. The van der Waals surface area contributed by atoms with Gasteiger partial charge in [0.25, 0.3) is 0 Å². The molecule has 39 heavy (non-hydrogen) atoms. The number of para-hydroxylation sites is 5. The molecule has 0 saturated carbocycles. The molecule has 0 radical (unpaired) electrons. The van der Waals surface area contributed by atoms with Gasteiger partial charge in [-0.15, -0.1) is 42.0 Å². The molecule has 0 fully saturated rings. The van der Waals surface area contributed by atoms with Crippen LogP contribution < -0.4 is 0 Å². The first-order valence-corrected chi connectivity index (χ1v) is 12.5. The van der Waals surface area contributed by atoms with Gasteiger partial charge in [-0.3, -0.25) is 4.40 Å². The molecule has 0 N–H and O–H groups in total. The molecule has 5 heteroatoms. The van der Waals surface area contributed by atoms with E-state index in [0.29, 0.717) is 0 Å². The predicted molar refractivity (Wildman–Crippen MR) is 154 cm³/mol. The number of nitrogens with zero attached hydrogens (tertiary/aromatic N) is 4. The van der Waals surface area contributed by atoms with E-state index in [2.05, 4.69) is 86.7 Å². The zero-order valence-electron chi connectivity index (χ0n) is 20.8. The second-order valence-corrected chi connectivity index (χ2v) is 8.96. The zero-order chi connectivity index (χ0) is 25.3. The molecule has 0 aliphatic carbocycles. The first-order chi connectivity index (χ1) is 18.9. The van der Waals surface area contributed by atoms with Crippen LogP contribution in [-0.4, -0.2) is 18.9 Å². The largest absolute Gasteiger partial charge is 2.00 e. The minimum absolute atomic E-state index is 0. The smallest absolute Gasteiger partial charge is 0.304 e. The van der Waals surface area contributed by atoms with Crippen molar-refractivity contribution >= 4 is 38.6 Å². The quantitative estimate of drug-likeness (QED) is 0.174.